The van der Waals surface area contributed by atoms with E-state index in [0.717, 1.165) is 0 Å². The molecule has 0 spiro atoms. The van der Waals surface area contributed by atoms with Gasteiger partial charge in [-0.25, -0.2) is 13.6 Å². The molecule has 1 N–H and O–H groups in total. The largest absolute Gasteiger partial charge is 0.478 e. The van der Waals surface area contributed by atoms with Crippen LogP contribution in [0.1, 0.15) is 27.0 Å². The van der Waals surface area contributed by atoms with Gasteiger partial charge < -0.3 is 5.11 Å². The summed E-state index contributed by atoms with van der Waals surface area (Å²) in [6.45, 7) is 4.05. The molecule has 0 saturated heterocycles. The zero-order valence-corrected chi connectivity index (χ0v) is 12.2. The van der Waals surface area contributed by atoms with E-state index in [-0.39, 0.29) is 16.7 Å². The third-order valence-corrected chi connectivity index (χ3v) is 2.95. The van der Waals surface area contributed by atoms with E-state index in [1.165, 1.54) is 20.8 Å². The fraction of sp³-hybridized carbons (Fsp3) is 0.250. The van der Waals surface area contributed by atoms with E-state index < -0.39 is 33.7 Å². The Morgan fingerprint density at radius 3 is 1.55 bits per heavy atom. The molecule has 1 rings (SSSR count). The summed E-state index contributed by atoms with van der Waals surface area (Å²) < 4.78 is 26.6. The van der Waals surface area contributed by atoms with Crippen molar-refractivity contribution in [3.05, 3.63) is 33.9 Å². The van der Waals surface area contributed by atoms with Crippen molar-refractivity contribution in [2.75, 3.05) is 0 Å². The number of halogens is 4. The molecule has 20 heavy (non-hydrogen) atoms. The van der Waals surface area contributed by atoms with E-state index in [0.29, 0.717) is 0 Å². The van der Waals surface area contributed by atoms with Crippen molar-refractivity contribution < 1.29 is 28.3 Å². The van der Waals surface area contributed by atoms with Crippen LogP contribution >= 0.6 is 23.2 Å². The van der Waals surface area contributed by atoms with E-state index in [1.54, 1.807) is 0 Å². The molecule has 0 aliphatic carbocycles. The van der Waals surface area contributed by atoms with Crippen molar-refractivity contribution in [3.8, 4) is 0 Å². The van der Waals surface area contributed by atoms with Crippen LogP contribution in [0.3, 0.4) is 0 Å². The van der Waals surface area contributed by atoms with Gasteiger partial charge in [-0.2, -0.15) is 0 Å². The van der Waals surface area contributed by atoms with Gasteiger partial charge in [0.2, 0.25) is 0 Å². The minimum Gasteiger partial charge on any atom is -0.478 e. The molecular weight excluding hydrogens is 317 g/mol. The first-order valence-electron chi connectivity index (χ1n) is 5.09. The highest BCUT2D eigenvalue weighted by atomic mass is 35.5. The van der Waals surface area contributed by atoms with Gasteiger partial charge in [-0.3, -0.25) is 9.59 Å². The summed E-state index contributed by atoms with van der Waals surface area (Å²) in [6, 6.07) is 0. The second kappa shape index (κ2) is 7.31. The maximum Gasteiger partial charge on any atom is 0.338 e. The molecule has 0 heterocycles. The summed E-state index contributed by atoms with van der Waals surface area (Å²) in [7, 11) is 0. The second-order valence-electron chi connectivity index (χ2n) is 3.73. The average molecular weight is 327 g/mol. The van der Waals surface area contributed by atoms with E-state index >= 15 is 0 Å². The molecule has 8 heteroatoms. The number of benzene rings is 1. The summed E-state index contributed by atoms with van der Waals surface area (Å²) in [6.07, 6.45) is 0. The van der Waals surface area contributed by atoms with Gasteiger partial charge in [0.25, 0.3) is 0 Å². The van der Waals surface area contributed by atoms with E-state index in [9.17, 15) is 23.2 Å². The summed E-state index contributed by atoms with van der Waals surface area (Å²) in [5.74, 6) is -3.03. The monoisotopic (exact) mass is 326 g/mol. The molecule has 0 saturated carbocycles. The van der Waals surface area contributed by atoms with Gasteiger partial charge >= 0.3 is 16.5 Å². The lowest BCUT2D eigenvalue weighted by Gasteiger charge is -2.10. The Morgan fingerprint density at radius 2 is 1.25 bits per heavy atom. The summed E-state index contributed by atoms with van der Waals surface area (Å²) in [5.41, 5.74) is -0.369. The van der Waals surface area contributed by atoms with Gasteiger partial charge in [0, 0.05) is 5.56 Å². The summed E-state index contributed by atoms with van der Waals surface area (Å²) in [4.78, 5) is 29.6. The molecule has 0 aromatic heterocycles. The van der Waals surface area contributed by atoms with Crippen LogP contribution in [-0.4, -0.2) is 21.6 Å². The van der Waals surface area contributed by atoms with Crippen molar-refractivity contribution in [3.63, 3.8) is 0 Å². The maximum atomic E-state index is 13.3. The Bertz CT molecular complexity index is 544. The lowest BCUT2D eigenvalue weighted by Crippen LogP contribution is -2.09. The topological polar surface area (TPSA) is 71.4 Å². The van der Waals surface area contributed by atoms with Crippen molar-refractivity contribution >= 4 is 39.7 Å². The average Bonchev–Trinajstić information content (AvgIpc) is 2.34. The lowest BCUT2D eigenvalue weighted by atomic mass is 9.98. The number of aromatic carboxylic acids is 1. The SMILES string of the molecule is Cc1c(C)c(C(=O)O)c(F)c(C)c1F.O=C(Cl)C(=O)Cl. The number of carboxylic acid groups (broad SMARTS) is 1. The highest BCUT2D eigenvalue weighted by Gasteiger charge is 2.21. The Balaban J connectivity index is 0.000000511. The van der Waals surface area contributed by atoms with E-state index in [2.05, 4.69) is 23.2 Å². The number of rotatable bonds is 2. The van der Waals surface area contributed by atoms with Crippen molar-refractivity contribution in [1.82, 2.24) is 0 Å². The molecule has 0 aliphatic rings. The van der Waals surface area contributed by atoms with Crippen LogP contribution in [0.25, 0.3) is 0 Å². The number of carboxylic acids is 1. The molecule has 0 unspecified atom stereocenters. The lowest BCUT2D eigenvalue weighted by molar-refractivity contribution is -0.127. The minimum absolute atomic E-state index is 0.137. The van der Waals surface area contributed by atoms with Crippen molar-refractivity contribution in [1.29, 1.82) is 0 Å². The standard InChI is InChI=1S/C10H10F2O2.C2Cl2O2/c1-4-5(2)8(11)6(3)9(12)7(4)10(13)14;3-1(5)2(4)6/h1-3H3,(H,13,14);. The highest BCUT2D eigenvalue weighted by molar-refractivity contribution is 6.97. The quantitative estimate of drug-likeness (QED) is 0.669. The Hall–Kier alpha value is -1.53. The van der Waals surface area contributed by atoms with Crippen molar-refractivity contribution in [2.24, 2.45) is 0 Å². The van der Waals surface area contributed by atoms with Crippen LogP contribution < -0.4 is 0 Å². The highest BCUT2D eigenvalue weighted by Crippen LogP contribution is 2.24. The van der Waals surface area contributed by atoms with Crippen LogP contribution in [-0.2, 0) is 9.59 Å². The first kappa shape index (κ1) is 18.5. The number of carbonyl (C=O) groups is 3. The molecule has 110 valence electrons. The van der Waals surface area contributed by atoms with Crippen molar-refractivity contribution in [2.45, 2.75) is 20.8 Å². The molecule has 0 aliphatic heterocycles. The fourth-order valence-electron chi connectivity index (χ4n) is 1.34. The van der Waals surface area contributed by atoms with Crippen LogP contribution in [0.4, 0.5) is 8.78 Å². The van der Waals surface area contributed by atoms with Gasteiger partial charge in [0.1, 0.15) is 11.6 Å². The van der Waals surface area contributed by atoms with E-state index in [1.807, 2.05) is 0 Å². The molecule has 1 aromatic rings. The summed E-state index contributed by atoms with van der Waals surface area (Å²) in [5, 5.41) is 6.44. The summed E-state index contributed by atoms with van der Waals surface area (Å²) >= 11 is 8.98. The Kier molecular flexibility index (Phi) is 6.75. The molecule has 4 nitrogen and oxygen atoms in total. The third kappa shape index (κ3) is 4.25. The minimum atomic E-state index is -1.37. The number of hydrogen-bond acceptors (Lipinski definition) is 3. The van der Waals surface area contributed by atoms with Gasteiger partial charge in [-0.1, -0.05) is 0 Å². The third-order valence-electron chi connectivity index (χ3n) is 2.51. The van der Waals surface area contributed by atoms with Gasteiger partial charge in [0.05, 0.1) is 5.56 Å². The molecule has 0 atom stereocenters. The van der Waals surface area contributed by atoms with Gasteiger partial charge in [-0.05, 0) is 55.1 Å². The van der Waals surface area contributed by atoms with Crippen LogP contribution in [0, 0.1) is 32.4 Å². The zero-order valence-electron chi connectivity index (χ0n) is 10.7. The molecular formula is C12H10Cl2F2O4. The predicted octanol–water partition coefficient (Wildman–Crippen LogP) is 3.11. The zero-order chi connectivity index (χ0) is 16.2. The van der Waals surface area contributed by atoms with Crippen LogP contribution in [0.2, 0.25) is 0 Å². The second-order valence-corrected chi connectivity index (χ2v) is 4.42. The molecule has 1 aromatic carbocycles. The predicted molar refractivity (Wildman–Crippen MR) is 69.2 cm³/mol. The van der Waals surface area contributed by atoms with Crippen LogP contribution in [0.15, 0.2) is 0 Å². The molecule has 0 bridgehead atoms. The number of hydrogen-bond donors (Lipinski definition) is 1. The fourth-order valence-corrected chi connectivity index (χ4v) is 1.34. The number of carbonyl (C=O) groups excluding carboxylic acids is 2. The van der Waals surface area contributed by atoms with Gasteiger partial charge in [-0.15, -0.1) is 0 Å². The first-order chi connectivity index (χ1) is 9.02. The molecule has 0 amide bonds. The molecule has 0 radical (unpaired) electrons. The normalized spacial score (nSPS) is 9.55. The Labute approximate surface area is 123 Å². The van der Waals surface area contributed by atoms with Gasteiger partial charge in [0.15, 0.2) is 0 Å². The Morgan fingerprint density at radius 1 is 0.850 bits per heavy atom. The molecule has 0 fully saturated rings. The van der Waals surface area contributed by atoms with Crippen LogP contribution in [0.5, 0.6) is 0 Å². The van der Waals surface area contributed by atoms with E-state index in [4.69, 9.17) is 5.11 Å². The maximum absolute atomic E-state index is 13.3. The smallest absolute Gasteiger partial charge is 0.338 e. The first-order valence-corrected chi connectivity index (χ1v) is 5.85.